The molecule has 1 aromatic rings. The normalized spacial score (nSPS) is 17.4. The third-order valence-electron chi connectivity index (χ3n) is 3.42. The minimum Gasteiger partial charge on any atom is -0.465 e. The maximum absolute atomic E-state index is 11.9. The largest absolute Gasteiger partial charge is 0.465 e. The van der Waals surface area contributed by atoms with E-state index in [1.165, 1.54) is 11.9 Å². The minimum atomic E-state index is -0.992. The molecule has 1 aliphatic rings. The van der Waals surface area contributed by atoms with Crippen molar-refractivity contribution in [1.82, 2.24) is 4.90 Å². The van der Waals surface area contributed by atoms with Gasteiger partial charge in [-0.05, 0) is 17.5 Å². The van der Waals surface area contributed by atoms with Gasteiger partial charge in [-0.2, -0.15) is 0 Å². The Morgan fingerprint density at radius 1 is 1.50 bits per heavy atom. The number of hydrogen-bond acceptors (Lipinski definition) is 3. The molecule has 1 atom stereocenters. The van der Waals surface area contributed by atoms with Crippen molar-refractivity contribution in [2.45, 2.75) is 12.5 Å². The number of ether oxygens (including phenoxy) is 1. The van der Waals surface area contributed by atoms with Crippen LogP contribution in [0.25, 0.3) is 0 Å². The van der Waals surface area contributed by atoms with Gasteiger partial charge in [0.1, 0.15) is 6.10 Å². The highest BCUT2D eigenvalue weighted by Crippen LogP contribution is 2.30. The molecule has 6 heteroatoms. The second kappa shape index (κ2) is 6.37. The maximum Gasteiger partial charge on any atom is 0.407 e. The smallest absolute Gasteiger partial charge is 0.407 e. The van der Waals surface area contributed by atoms with Gasteiger partial charge >= 0.3 is 6.09 Å². The second-order valence-corrected chi connectivity index (χ2v) is 5.26. The molecule has 2 rings (SSSR count). The number of hydrogen-bond donors (Lipinski definition) is 1. The van der Waals surface area contributed by atoms with Crippen LogP contribution in [0.4, 0.5) is 4.79 Å². The molecule has 1 amide bonds. The summed E-state index contributed by atoms with van der Waals surface area (Å²) < 4.78 is 5.67. The Labute approximate surface area is 125 Å². The van der Waals surface area contributed by atoms with Crippen LogP contribution in [-0.2, 0) is 11.2 Å². The quantitative estimate of drug-likeness (QED) is 0.674. The van der Waals surface area contributed by atoms with E-state index in [1.54, 1.807) is 0 Å². The second-order valence-electron chi connectivity index (χ2n) is 4.70. The molecule has 0 aromatic heterocycles. The molecule has 0 saturated carbocycles. The number of nitrogens with zero attached hydrogens (tertiary/aromatic N) is 1. The van der Waals surface area contributed by atoms with Crippen LogP contribution in [0.1, 0.15) is 27.6 Å². The number of carbonyl (C=O) groups excluding carboxylic acids is 1. The molecular formula is C14H16BrNO4. The summed E-state index contributed by atoms with van der Waals surface area (Å²) in [7, 11) is 1.51. The number of rotatable bonds is 4. The number of likely N-dealkylation sites (N-methyl/N-ethyl adjacent to an activating group) is 1. The maximum atomic E-state index is 11.9. The average Bonchev–Trinajstić information content (AvgIpc) is 2.46. The summed E-state index contributed by atoms with van der Waals surface area (Å²) in [5, 5.41) is 9.23. The Morgan fingerprint density at radius 3 is 2.90 bits per heavy atom. The van der Waals surface area contributed by atoms with E-state index >= 15 is 0 Å². The van der Waals surface area contributed by atoms with Gasteiger partial charge in [0.15, 0.2) is 5.78 Å². The van der Waals surface area contributed by atoms with Crippen LogP contribution in [0.2, 0.25) is 0 Å². The standard InChI is InChI=1S/C14H16BrNO4/c1-16(14(18)19)8-13-11-4-2-3-10(12(17)7-15)9(11)5-6-20-13/h2-4,13H,5-8H2,1H3,(H,18,19). The summed E-state index contributed by atoms with van der Waals surface area (Å²) in [6.07, 6.45) is -0.631. The lowest BCUT2D eigenvalue weighted by Gasteiger charge is -2.29. The molecule has 1 aliphatic heterocycles. The zero-order valence-corrected chi connectivity index (χ0v) is 12.7. The van der Waals surface area contributed by atoms with Crippen LogP contribution in [0.15, 0.2) is 18.2 Å². The number of ketones is 1. The van der Waals surface area contributed by atoms with E-state index in [-0.39, 0.29) is 23.8 Å². The van der Waals surface area contributed by atoms with Crippen LogP contribution in [0, 0.1) is 0 Å². The van der Waals surface area contributed by atoms with Gasteiger partial charge in [-0.15, -0.1) is 0 Å². The van der Waals surface area contributed by atoms with Gasteiger partial charge in [0.2, 0.25) is 0 Å². The van der Waals surface area contributed by atoms with Gasteiger partial charge in [-0.25, -0.2) is 4.79 Å². The number of carboxylic acid groups (broad SMARTS) is 1. The van der Waals surface area contributed by atoms with Crippen molar-refractivity contribution in [2.75, 3.05) is 25.5 Å². The summed E-state index contributed by atoms with van der Waals surface area (Å²) in [4.78, 5) is 24.0. The van der Waals surface area contributed by atoms with E-state index in [9.17, 15) is 9.59 Å². The molecule has 0 saturated heterocycles. The Balaban J connectivity index is 2.32. The van der Waals surface area contributed by atoms with E-state index in [2.05, 4.69) is 15.9 Å². The molecule has 1 unspecified atom stereocenters. The first-order chi connectivity index (χ1) is 9.54. The van der Waals surface area contributed by atoms with Gasteiger partial charge in [-0.1, -0.05) is 34.1 Å². The predicted octanol–water partition coefficient (Wildman–Crippen LogP) is 2.49. The third kappa shape index (κ3) is 3.02. The molecule has 0 bridgehead atoms. The summed E-state index contributed by atoms with van der Waals surface area (Å²) in [6.45, 7) is 0.756. The summed E-state index contributed by atoms with van der Waals surface area (Å²) in [6, 6.07) is 5.53. The van der Waals surface area contributed by atoms with Crippen molar-refractivity contribution in [1.29, 1.82) is 0 Å². The Hall–Kier alpha value is -1.40. The summed E-state index contributed by atoms with van der Waals surface area (Å²) in [5.74, 6) is 0.0362. The molecule has 0 spiro atoms. The Bertz CT molecular complexity index is 532. The lowest BCUT2D eigenvalue weighted by Crippen LogP contribution is -2.33. The number of amides is 1. The molecule has 1 aromatic carbocycles. The average molecular weight is 342 g/mol. The van der Waals surface area contributed by atoms with Crippen LogP contribution in [0.3, 0.4) is 0 Å². The SMILES string of the molecule is CN(CC1OCCc2c(C(=O)CBr)cccc21)C(=O)O. The topological polar surface area (TPSA) is 66.8 Å². The van der Waals surface area contributed by atoms with Crippen molar-refractivity contribution in [3.8, 4) is 0 Å². The molecule has 108 valence electrons. The fraction of sp³-hybridized carbons (Fsp3) is 0.429. The molecule has 0 radical (unpaired) electrons. The number of Topliss-reactive ketones (excluding diaryl/α,β-unsaturated/α-hetero) is 1. The zero-order chi connectivity index (χ0) is 14.7. The molecule has 0 fully saturated rings. The summed E-state index contributed by atoms with van der Waals surface area (Å²) in [5.41, 5.74) is 2.59. The minimum absolute atomic E-state index is 0.0362. The third-order valence-corrected chi connectivity index (χ3v) is 3.93. The lowest BCUT2D eigenvalue weighted by atomic mass is 9.91. The monoisotopic (exact) mass is 341 g/mol. The molecule has 5 nitrogen and oxygen atoms in total. The first-order valence-corrected chi connectivity index (χ1v) is 7.43. The van der Waals surface area contributed by atoms with Crippen LogP contribution in [-0.4, -0.2) is 47.4 Å². The highest BCUT2D eigenvalue weighted by molar-refractivity contribution is 9.09. The van der Waals surface area contributed by atoms with Crippen molar-refractivity contribution in [3.05, 3.63) is 34.9 Å². The van der Waals surface area contributed by atoms with Crippen LogP contribution < -0.4 is 0 Å². The number of fused-ring (bicyclic) bond motifs is 1. The van der Waals surface area contributed by atoms with E-state index in [0.717, 1.165) is 11.1 Å². The molecule has 20 heavy (non-hydrogen) atoms. The van der Waals surface area contributed by atoms with Gasteiger partial charge in [-0.3, -0.25) is 4.79 Å². The Kier molecular flexibility index (Phi) is 4.77. The predicted molar refractivity (Wildman–Crippen MR) is 77.6 cm³/mol. The molecule has 1 heterocycles. The number of carbonyl (C=O) groups is 2. The highest BCUT2D eigenvalue weighted by Gasteiger charge is 2.26. The van der Waals surface area contributed by atoms with Crippen molar-refractivity contribution < 1.29 is 19.4 Å². The Morgan fingerprint density at radius 2 is 2.25 bits per heavy atom. The molecular weight excluding hydrogens is 326 g/mol. The fourth-order valence-corrected chi connectivity index (χ4v) is 2.69. The summed E-state index contributed by atoms with van der Waals surface area (Å²) >= 11 is 3.19. The number of benzene rings is 1. The zero-order valence-electron chi connectivity index (χ0n) is 11.1. The van der Waals surface area contributed by atoms with Crippen molar-refractivity contribution in [3.63, 3.8) is 0 Å². The number of halogens is 1. The lowest BCUT2D eigenvalue weighted by molar-refractivity contribution is 0.0222. The molecule has 1 N–H and O–H groups in total. The van der Waals surface area contributed by atoms with Gasteiger partial charge in [0.05, 0.1) is 18.5 Å². The first-order valence-electron chi connectivity index (χ1n) is 6.31. The van der Waals surface area contributed by atoms with Gasteiger partial charge in [0.25, 0.3) is 0 Å². The fourth-order valence-electron chi connectivity index (χ4n) is 2.39. The first kappa shape index (κ1) is 15.0. The van der Waals surface area contributed by atoms with Gasteiger partial charge in [0, 0.05) is 12.6 Å². The highest BCUT2D eigenvalue weighted by atomic mass is 79.9. The van der Waals surface area contributed by atoms with Crippen molar-refractivity contribution >= 4 is 27.8 Å². The molecule has 0 aliphatic carbocycles. The van der Waals surface area contributed by atoms with Gasteiger partial charge < -0.3 is 14.7 Å². The van der Waals surface area contributed by atoms with E-state index in [0.29, 0.717) is 18.6 Å². The van der Waals surface area contributed by atoms with E-state index < -0.39 is 6.09 Å². The van der Waals surface area contributed by atoms with E-state index in [1.807, 2.05) is 18.2 Å². The van der Waals surface area contributed by atoms with Crippen molar-refractivity contribution in [2.24, 2.45) is 0 Å². The van der Waals surface area contributed by atoms with Crippen LogP contribution in [0.5, 0.6) is 0 Å². The number of alkyl halides is 1. The van der Waals surface area contributed by atoms with Crippen LogP contribution >= 0.6 is 15.9 Å². The van der Waals surface area contributed by atoms with E-state index in [4.69, 9.17) is 9.84 Å².